The van der Waals surface area contributed by atoms with Crippen molar-refractivity contribution in [3.63, 3.8) is 0 Å². The predicted octanol–water partition coefficient (Wildman–Crippen LogP) is 4.02. The molecule has 0 bridgehead atoms. The molecular formula is C15H26O. The van der Waals surface area contributed by atoms with Crippen LogP contribution < -0.4 is 0 Å². The van der Waals surface area contributed by atoms with Crippen LogP contribution in [-0.4, -0.2) is 13.2 Å². The van der Waals surface area contributed by atoms with E-state index in [1.807, 2.05) is 0 Å². The van der Waals surface area contributed by atoms with Gasteiger partial charge in [0.1, 0.15) is 0 Å². The number of hydrogen-bond acceptors (Lipinski definition) is 1. The fourth-order valence-electron chi connectivity index (χ4n) is 5.22. The number of ether oxygens (including phenoxy) is 1. The lowest BCUT2D eigenvalue weighted by Crippen LogP contribution is -2.55. The Morgan fingerprint density at radius 1 is 1.00 bits per heavy atom. The average Bonchev–Trinajstić information content (AvgIpc) is 2.13. The number of fused-ring (bicyclic) bond motifs is 1. The molecule has 1 heteroatoms. The first-order chi connectivity index (χ1) is 7.46. The Labute approximate surface area is 99.9 Å². The molecule has 92 valence electrons. The second-order valence-electron chi connectivity index (χ2n) is 7.76. The lowest BCUT2D eigenvalue weighted by molar-refractivity contribution is -0.186. The summed E-state index contributed by atoms with van der Waals surface area (Å²) in [5.41, 5.74) is 1.79. The zero-order valence-corrected chi connectivity index (χ0v) is 11.1. The minimum absolute atomic E-state index is 0.583. The molecule has 0 N–H and O–H groups in total. The summed E-state index contributed by atoms with van der Waals surface area (Å²) in [6, 6.07) is 0. The van der Waals surface area contributed by atoms with Crippen LogP contribution in [0.3, 0.4) is 0 Å². The Hall–Kier alpha value is -0.0400. The summed E-state index contributed by atoms with van der Waals surface area (Å²) in [6.07, 6.45) is 8.66. The first-order valence-electron chi connectivity index (χ1n) is 7.04. The van der Waals surface area contributed by atoms with Crippen LogP contribution in [0.25, 0.3) is 0 Å². The monoisotopic (exact) mass is 222 g/mol. The van der Waals surface area contributed by atoms with Crippen LogP contribution in [0, 0.1) is 22.2 Å². The molecular weight excluding hydrogens is 196 g/mol. The minimum Gasteiger partial charge on any atom is -0.380 e. The second-order valence-corrected chi connectivity index (χ2v) is 7.76. The van der Waals surface area contributed by atoms with Gasteiger partial charge in [-0.2, -0.15) is 0 Å². The third-order valence-electron chi connectivity index (χ3n) is 5.91. The molecule has 1 heterocycles. The van der Waals surface area contributed by atoms with Crippen LogP contribution in [0.2, 0.25) is 0 Å². The summed E-state index contributed by atoms with van der Waals surface area (Å²) in [5.74, 6) is 0.958. The minimum atomic E-state index is 0.583. The zero-order valence-electron chi connectivity index (χ0n) is 11.1. The highest BCUT2D eigenvalue weighted by molar-refractivity contribution is 5.04. The van der Waals surface area contributed by atoms with Gasteiger partial charge in [-0.1, -0.05) is 27.2 Å². The van der Waals surface area contributed by atoms with E-state index >= 15 is 0 Å². The quantitative estimate of drug-likeness (QED) is 0.601. The van der Waals surface area contributed by atoms with Crippen molar-refractivity contribution in [1.82, 2.24) is 0 Å². The van der Waals surface area contributed by atoms with Crippen molar-refractivity contribution < 1.29 is 4.74 Å². The molecule has 1 nitrogen and oxygen atoms in total. The van der Waals surface area contributed by atoms with E-state index in [0.29, 0.717) is 16.2 Å². The molecule has 16 heavy (non-hydrogen) atoms. The third-order valence-corrected chi connectivity index (χ3v) is 5.91. The van der Waals surface area contributed by atoms with Crippen molar-refractivity contribution in [2.45, 2.75) is 59.3 Å². The molecule has 2 atom stereocenters. The SMILES string of the molecule is CC1(C)CCC[C@]2(C)CC3(CC[C@@H]12)COC3. The van der Waals surface area contributed by atoms with E-state index in [9.17, 15) is 0 Å². The average molecular weight is 222 g/mol. The van der Waals surface area contributed by atoms with Crippen LogP contribution in [0.1, 0.15) is 59.3 Å². The van der Waals surface area contributed by atoms with Crippen LogP contribution in [0.15, 0.2) is 0 Å². The normalized spacial score (nSPS) is 44.8. The summed E-state index contributed by atoms with van der Waals surface area (Å²) < 4.78 is 5.49. The maximum atomic E-state index is 5.49. The number of hydrogen-bond donors (Lipinski definition) is 0. The van der Waals surface area contributed by atoms with Gasteiger partial charge in [-0.25, -0.2) is 0 Å². The maximum absolute atomic E-state index is 5.49. The van der Waals surface area contributed by atoms with Gasteiger partial charge in [-0.05, 0) is 48.9 Å². The van der Waals surface area contributed by atoms with E-state index in [2.05, 4.69) is 20.8 Å². The van der Waals surface area contributed by atoms with E-state index in [-0.39, 0.29) is 0 Å². The molecule has 3 rings (SSSR count). The Balaban J connectivity index is 1.85. The van der Waals surface area contributed by atoms with Gasteiger partial charge in [0.2, 0.25) is 0 Å². The largest absolute Gasteiger partial charge is 0.380 e. The van der Waals surface area contributed by atoms with E-state index < -0.39 is 0 Å². The van der Waals surface area contributed by atoms with Crippen molar-refractivity contribution in [3.8, 4) is 0 Å². The molecule has 1 aliphatic heterocycles. The predicted molar refractivity (Wildman–Crippen MR) is 66.3 cm³/mol. The lowest BCUT2D eigenvalue weighted by atomic mass is 9.47. The standard InChI is InChI=1S/C15H26O/c1-13(2)6-4-7-14(3)9-15(10-16-11-15)8-5-12(13)14/h12H,4-11H2,1-3H3/t12-,14+/m0/s1. The molecule has 0 aromatic rings. The lowest BCUT2D eigenvalue weighted by Gasteiger charge is -2.60. The first kappa shape index (κ1) is 11.1. The van der Waals surface area contributed by atoms with Gasteiger partial charge in [0.15, 0.2) is 0 Å². The highest BCUT2D eigenvalue weighted by Crippen LogP contribution is 2.62. The van der Waals surface area contributed by atoms with Gasteiger partial charge in [0.25, 0.3) is 0 Å². The molecule has 1 spiro atoms. The smallest absolute Gasteiger partial charge is 0.0545 e. The van der Waals surface area contributed by atoms with E-state index in [0.717, 1.165) is 19.1 Å². The van der Waals surface area contributed by atoms with Gasteiger partial charge in [0.05, 0.1) is 13.2 Å². The molecule has 3 fully saturated rings. The molecule has 1 saturated heterocycles. The maximum Gasteiger partial charge on any atom is 0.0545 e. The summed E-state index contributed by atoms with van der Waals surface area (Å²) in [7, 11) is 0. The molecule has 2 aliphatic carbocycles. The van der Waals surface area contributed by atoms with Crippen molar-refractivity contribution in [2.75, 3.05) is 13.2 Å². The van der Waals surface area contributed by atoms with E-state index in [1.165, 1.54) is 38.5 Å². The summed E-state index contributed by atoms with van der Waals surface area (Å²) in [6.45, 7) is 9.68. The summed E-state index contributed by atoms with van der Waals surface area (Å²) >= 11 is 0. The fourth-order valence-corrected chi connectivity index (χ4v) is 5.22. The van der Waals surface area contributed by atoms with Crippen molar-refractivity contribution in [1.29, 1.82) is 0 Å². The topological polar surface area (TPSA) is 9.23 Å². The molecule has 0 unspecified atom stereocenters. The van der Waals surface area contributed by atoms with Gasteiger partial charge in [-0.3, -0.25) is 0 Å². The molecule has 0 aromatic carbocycles. The first-order valence-corrected chi connectivity index (χ1v) is 7.04. The molecule has 0 amide bonds. The molecule has 3 aliphatic rings. The Morgan fingerprint density at radius 2 is 1.75 bits per heavy atom. The summed E-state index contributed by atoms with van der Waals surface area (Å²) in [5, 5.41) is 0. The van der Waals surface area contributed by atoms with E-state index in [1.54, 1.807) is 0 Å². The van der Waals surface area contributed by atoms with Crippen LogP contribution >= 0.6 is 0 Å². The Morgan fingerprint density at radius 3 is 2.38 bits per heavy atom. The van der Waals surface area contributed by atoms with Gasteiger partial charge in [-0.15, -0.1) is 0 Å². The van der Waals surface area contributed by atoms with Crippen molar-refractivity contribution in [3.05, 3.63) is 0 Å². The third kappa shape index (κ3) is 1.47. The summed E-state index contributed by atoms with van der Waals surface area (Å²) in [4.78, 5) is 0. The van der Waals surface area contributed by atoms with Crippen LogP contribution in [-0.2, 0) is 4.74 Å². The van der Waals surface area contributed by atoms with Gasteiger partial charge < -0.3 is 4.74 Å². The Bertz CT molecular complexity index is 290. The zero-order chi connectivity index (χ0) is 11.4. The highest BCUT2D eigenvalue weighted by atomic mass is 16.5. The van der Waals surface area contributed by atoms with Crippen LogP contribution in [0.4, 0.5) is 0 Å². The van der Waals surface area contributed by atoms with Gasteiger partial charge in [0, 0.05) is 5.41 Å². The fraction of sp³-hybridized carbons (Fsp3) is 1.00. The van der Waals surface area contributed by atoms with Gasteiger partial charge >= 0.3 is 0 Å². The van der Waals surface area contributed by atoms with Crippen molar-refractivity contribution in [2.24, 2.45) is 22.2 Å². The Kier molecular flexibility index (Phi) is 2.25. The van der Waals surface area contributed by atoms with Crippen LogP contribution in [0.5, 0.6) is 0 Å². The molecule has 0 radical (unpaired) electrons. The molecule has 0 aromatic heterocycles. The highest BCUT2D eigenvalue weighted by Gasteiger charge is 2.55. The molecule has 2 saturated carbocycles. The van der Waals surface area contributed by atoms with Crippen molar-refractivity contribution >= 4 is 0 Å². The number of rotatable bonds is 0. The van der Waals surface area contributed by atoms with E-state index in [4.69, 9.17) is 4.74 Å². The second kappa shape index (κ2) is 3.25.